The molecule has 1 aromatic carbocycles. The largest absolute Gasteiger partial charge is 0.459 e. The molecule has 0 unspecified atom stereocenters. The van der Waals surface area contributed by atoms with E-state index in [4.69, 9.17) is 18.9 Å². The van der Waals surface area contributed by atoms with Gasteiger partial charge in [-0.25, -0.2) is 0 Å². The number of benzene rings is 1. The van der Waals surface area contributed by atoms with Crippen molar-refractivity contribution in [3.05, 3.63) is 23.3 Å². The number of fused-ring (bicyclic) bond motifs is 3. The van der Waals surface area contributed by atoms with E-state index in [0.717, 1.165) is 47.5 Å². The van der Waals surface area contributed by atoms with E-state index in [1.54, 1.807) is 0 Å². The number of quaternary nitrogens is 1. The molecule has 1 saturated carbocycles. The molecule has 7 nitrogen and oxygen atoms in total. The van der Waals surface area contributed by atoms with Gasteiger partial charge in [-0.3, -0.25) is 9.59 Å². The third kappa shape index (κ3) is 2.59. The molecule has 4 aliphatic rings. The zero-order valence-corrected chi connectivity index (χ0v) is 16.5. The molecule has 3 aliphatic heterocycles. The predicted octanol–water partition coefficient (Wildman–Crippen LogP) is 2.11. The number of esters is 2. The first-order valence-corrected chi connectivity index (χ1v) is 9.97. The second-order valence-electron chi connectivity index (χ2n) is 8.79. The first kappa shape index (κ1) is 17.8. The molecule has 1 aromatic rings. The predicted molar refractivity (Wildman–Crippen MR) is 97.7 cm³/mol. The number of nitrogens with zero attached hydrogens (tertiary/aromatic N) is 1. The molecule has 0 aromatic heterocycles. The Hall–Kier alpha value is -2.28. The van der Waals surface area contributed by atoms with Crippen LogP contribution in [0.3, 0.4) is 0 Å². The van der Waals surface area contributed by atoms with Crippen LogP contribution >= 0.6 is 0 Å². The molecule has 7 heteroatoms. The fraction of sp³-hybridized carbons (Fsp3) is 0.619. The van der Waals surface area contributed by atoms with E-state index in [9.17, 15) is 9.59 Å². The lowest BCUT2D eigenvalue weighted by molar-refractivity contribution is -0.940. The average Bonchev–Trinajstić information content (AvgIpc) is 3.19. The van der Waals surface area contributed by atoms with Crippen LogP contribution in [0.5, 0.6) is 11.5 Å². The van der Waals surface area contributed by atoms with Crippen molar-refractivity contribution < 1.29 is 33.0 Å². The second-order valence-corrected chi connectivity index (χ2v) is 8.79. The molecule has 0 N–H and O–H groups in total. The molecule has 0 bridgehead atoms. The lowest BCUT2D eigenvalue weighted by atomic mass is 9.67. The fourth-order valence-corrected chi connectivity index (χ4v) is 6.14. The van der Waals surface area contributed by atoms with E-state index in [1.807, 2.05) is 6.07 Å². The van der Waals surface area contributed by atoms with Crippen LogP contribution in [0.25, 0.3) is 0 Å². The zero-order valence-electron chi connectivity index (χ0n) is 16.5. The summed E-state index contributed by atoms with van der Waals surface area (Å²) >= 11 is 0. The summed E-state index contributed by atoms with van der Waals surface area (Å²) in [4.78, 5) is 23.7. The Balaban J connectivity index is 1.65. The molecule has 150 valence electrons. The second kappa shape index (κ2) is 6.11. The summed E-state index contributed by atoms with van der Waals surface area (Å²) in [6.07, 6.45) is 0.920. The summed E-state index contributed by atoms with van der Waals surface area (Å²) in [6, 6.07) is 4.46. The molecule has 1 aliphatic carbocycles. The minimum Gasteiger partial charge on any atom is -0.459 e. The molecule has 28 heavy (non-hydrogen) atoms. The van der Waals surface area contributed by atoms with Crippen LogP contribution in [0.1, 0.15) is 43.7 Å². The van der Waals surface area contributed by atoms with Gasteiger partial charge in [0.1, 0.15) is 18.7 Å². The van der Waals surface area contributed by atoms with E-state index in [0.29, 0.717) is 12.0 Å². The lowest BCUT2D eigenvalue weighted by Gasteiger charge is -2.52. The number of ether oxygens (including phenoxy) is 4. The van der Waals surface area contributed by atoms with Crippen LogP contribution in [0.4, 0.5) is 0 Å². The third-order valence-corrected chi connectivity index (χ3v) is 6.98. The quantitative estimate of drug-likeness (QED) is 0.571. The summed E-state index contributed by atoms with van der Waals surface area (Å²) < 4.78 is 23.6. The summed E-state index contributed by atoms with van der Waals surface area (Å²) in [6.45, 7) is 5.06. The number of hydrogen-bond donors (Lipinski definition) is 0. The van der Waals surface area contributed by atoms with Gasteiger partial charge in [-0.2, -0.15) is 0 Å². The lowest BCUT2D eigenvalue weighted by Crippen LogP contribution is -2.62. The van der Waals surface area contributed by atoms with Gasteiger partial charge in [0.05, 0.1) is 19.5 Å². The summed E-state index contributed by atoms with van der Waals surface area (Å²) in [5, 5.41) is 0. The Morgan fingerprint density at radius 2 is 1.82 bits per heavy atom. The molecule has 0 spiro atoms. The Kier molecular flexibility index (Phi) is 3.88. The maximum Gasteiger partial charge on any atom is 0.303 e. The van der Waals surface area contributed by atoms with Crippen molar-refractivity contribution >= 4 is 11.9 Å². The molecule has 0 radical (unpaired) electrons. The van der Waals surface area contributed by atoms with E-state index < -0.39 is 12.2 Å². The van der Waals surface area contributed by atoms with Gasteiger partial charge in [0.15, 0.2) is 17.6 Å². The van der Waals surface area contributed by atoms with Gasteiger partial charge in [-0.1, -0.05) is 0 Å². The molecular weight excluding hydrogens is 362 g/mol. The van der Waals surface area contributed by atoms with Crippen molar-refractivity contribution in [2.45, 2.75) is 57.4 Å². The molecule has 0 amide bonds. The minimum absolute atomic E-state index is 0.0299. The van der Waals surface area contributed by atoms with Crippen LogP contribution in [0.15, 0.2) is 12.1 Å². The smallest absolute Gasteiger partial charge is 0.303 e. The Morgan fingerprint density at radius 3 is 2.54 bits per heavy atom. The van der Waals surface area contributed by atoms with Crippen LogP contribution < -0.4 is 9.47 Å². The molecule has 5 rings (SSSR count). The normalized spacial score (nSPS) is 37.0. The fourth-order valence-electron chi connectivity index (χ4n) is 6.14. The first-order valence-electron chi connectivity index (χ1n) is 9.97. The SMILES string of the molecule is CC(=O)O[C@H]1[C@H]2c3cc4c(cc3C[N@@+]3(C)CC[C@@H](C[C@@H]1OC(C)=O)[C@@H]23)OCO4. The van der Waals surface area contributed by atoms with Gasteiger partial charge < -0.3 is 23.4 Å². The summed E-state index contributed by atoms with van der Waals surface area (Å²) in [5.41, 5.74) is 2.34. The summed E-state index contributed by atoms with van der Waals surface area (Å²) in [7, 11) is 2.29. The van der Waals surface area contributed by atoms with Crippen molar-refractivity contribution in [3.8, 4) is 11.5 Å². The molecular formula is C21H26NO6+. The third-order valence-electron chi connectivity index (χ3n) is 6.98. The Bertz CT molecular complexity index is 854. The van der Waals surface area contributed by atoms with E-state index >= 15 is 0 Å². The van der Waals surface area contributed by atoms with E-state index in [1.165, 1.54) is 19.4 Å². The maximum atomic E-state index is 12.0. The van der Waals surface area contributed by atoms with Gasteiger partial charge in [0.2, 0.25) is 6.79 Å². The number of likely N-dealkylation sites (N-methyl/N-ethyl adjacent to an activating group) is 1. The van der Waals surface area contributed by atoms with Crippen LogP contribution in [-0.2, 0) is 25.6 Å². The standard InChI is InChI=1S/C21H26NO6/c1-11(23)27-18-6-13-4-5-22(3)9-14-7-16-17(26-10-25-16)8-15(14)19(20(13)22)21(18)28-12(2)24/h7-8,13,18-21H,4-6,9-10H2,1-3H3/q+1/t13-,18-,19-,20-,21+,22+/m0/s1. The van der Waals surface area contributed by atoms with Crippen molar-refractivity contribution in [2.24, 2.45) is 5.92 Å². The highest BCUT2D eigenvalue weighted by Gasteiger charge is 2.61. The van der Waals surface area contributed by atoms with Crippen molar-refractivity contribution in [1.29, 1.82) is 0 Å². The molecule has 6 atom stereocenters. The first-order chi connectivity index (χ1) is 13.4. The van der Waals surface area contributed by atoms with Gasteiger partial charge in [-0.15, -0.1) is 0 Å². The van der Waals surface area contributed by atoms with E-state index in [2.05, 4.69) is 13.1 Å². The van der Waals surface area contributed by atoms with Crippen LogP contribution in [0.2, 0.25) is 0 Å². The van der Waals surface area contributed by atoms with Gasteiger partial charge in [0, 0.05) is 31.7 Å². The van der Waals surface area contributed by atoms with Gasteiger partial charge >= 0.3 is 11.9 Å². The van der Waals surface area contributed by atoms with E-state index in [-0.39, 0.29) is 24.6 Å². The topological polar surface area (TPSA) is 71.1 Å². The number of rotatable bonds is 2. The number of hydrogen-bond acceptors (Lipinski definition) is 6. The number of carbonyl (C=O) groups is 2. The summed E-state index contributed by atoms with van der Waals surface area (Å²) in [5.74, 6) is 1.23. The minimum atomic E-state index is -0.488. The van der Waals surface area contributed by atoms with Gasteiger partial charge in [-0.05, 0) is 24.1 Å². The highest BCUT2D eigenvalue weighted by atomic mass is 16.7. The van der Waals surface area contributed by atoms with Crippen molar-refractivity contribution in [2.75, 3.05) is 20.4 Å². The molecule has 1 saturated heterocycles. The van der Waals surface area contributed by atoms with Crippen molar-refractivity contribution in [1.82, 2.24) is 0 Å². The average molecular weight is 388 g/mol. The highest BCUT2D eigenvalue weighted by Crippen LogP contribution is 2.55. The van der Waals surface area contributed by atoms with Crippen molar-refractivity contribution in [3.63, 3.8) is 0 Å². The maximum absolute atomic E-state index is 12.0. The highest BCUT2D eigenvalue weighted by molar-refractivity contribution is 5.67. The van der Waals surface area contributed by atoms with Crippen LogP contribution in [0, 0.1) is 5.92 Å². The van der Waals surface area contributed by atoms with Gasteiger partial charge in [0.25, 0.3) is 0 Å². The molecule has 2 fully saturated rings. The molecule has 3 heterocycles. The number of carbonyl (C=O) groups excluding carboxylic acids is 2. The zero-order chi connectivity index (χ0) is 19.6. The Labute approximate surface area is 164 Å². The van der Waals surface area contributed by atoms with Crippen LogP contribution in [-0.4, -0.2) is 55.1 Å². The monoisotopic (exact) mass is 388 g/mol. The Morgan fingerprint density at radius 1 is 1.11 bits per heavy atom.